The van der Waals surface area contributed by atoms with Crippen molar-refractivity contribution in [1.82, 2.24) is 0 Å². The molecular formula is C12H15ClF3NO2. The van der Waals surface area contributed by atoms with Crippen LogP contribution in [0.2, 0.25) is 0 Å². The molecule has 0 bridgehead atoms. The number of halogens is 4. The van der Waals surface area contributed by atoms with Gasteiger partial charge in [-0.05, 0) is 18.6 Å². The third-order valence-corrected chi connectivity index (χ3v) is 2.36. The van der Waals surface area contributed by atoms with E-state index < -0.39 is 23.8 Å². The predicted octanol–water partition coefficient (Wildman–Crippen LogP) is 3.08. The van der Waals surface area contributed by atoms with E-state index in [4.69, 9.17) is 5.73 Å². The van der Waals surface area contributed by atoms with Crippen molar-refractivity contribution < 1.29 is 22.7 Å². The van der Waals surface area contributed by atoms with Crippen molar-refractivity contribution in [2.45, 2.75) is 25.6 Å². The van der Waals surface area contributed by atoms with Crippen LogP contribution in [0.4, 0.5) is 13.2 Å². The molecule has 3 nitrogen and oxygen atoms in total. The minimum Gasteiger partial charge on any atom is -0.466 e. The Bertz CT molecular complexity index is 424. The first-order valence-electron chi connectivity index (χ1n) is 5.43. The lowest BCUT2D eigenvalue weighted by molar-refractivity contribution is -0.144. The molecule has 0 aliphatic heterocycles. The molecule has 1 atom stereocenters. The van der Waals surface area contributed by atoms with E-state index in [1.165, 1.54) is 18.2 Å². The number of hydrogen-bond acceptors (Lipinski definition) is 3. The van der Waals surface area contributed by atoms with Gasteiger partial charge in [-0.25, -0.2) is 0 Å². The third kappa shape index (κ3) is 5.08. The average molecular weight is 298 g/mol. The molecular weight excluding hydrogens is 283 g/mol. The quantitative estimate of drug-likeness (QED) is 0.869. The molecule has 0 saturated carbocycles. The van der Waals surface area contributed by atoms with E-state index in [1.54, 1.807) is 6.92 Å². The van der Waals surface area contributed by atoms with Gasteiger partial charge in [-0.2, -0.15) is 13.2 Å². The molecule has 0 saturated heterocycles. The Morgan fingerprint density at radius 1 is 1.37 bits per heavy atom. The van der Waals surface area contributed by atoms with Gasteiger partial charge in [0.2, 0.25) is 0 Å². The van der Waals surface area contributed by atoms with Crippen LogP contribution in [0.1, 0.15) is 30.5 Å². The van der Waals surface area contributed by atoms with Gasteiger partial charge >= 0.3 is 12.1 Å². The van der Waals surface area contributed by atoms with Crippen LogP contribution in [0.5, 0.6) is 0 Å². The number of benzene rings is 1. The summed E-state index contributed by atoms with van der Waals surface area (Å²) < 4.78 is 42.8. The van der Waals surface area contributed by atoms with Gasteiger partial charge in [0.25, 0.3) is 0 Å². The van der Waals surface area contributed by atoms with Crippen LogP contribution in [0.25, 0.3) is 0 Å². The first-order valence-corrected chi connectivity index (χ1v) is 5.43. The van der Waals surface area contributed by atoms with Gasteiger partial charge in [0, 0.05) is 6.04 Å². The Kier molecular flexibility index (Phi) is 6.86. The Hall–Kier alpha value is -1.27. The molecule has 2 N–H and O–H groups in total. The number of carbonyl (C=O) groups is 1. The van der Waals surface area contributed by atoms with Crippen LogP contribution < -0.4 is 5.73 Å². The highest BCUT2D eigenvalue weighted by Crippen LogP contribution is 2.34. The molecule has 0 radical (unpaired) electrons. The van der Waals surface area contributed by atoms with Crippen LogP contribution >= 0.6 is 12.4 Å². The molecule has 0 heterocycles. The maximum atomic E-state index is 12.7. The van der Waals surface area contributed by atoms with Gasteiger partial charge in [0.1, 0.15) is 0 Å². The highest BCUT2D eigenvalue weighted by Gasteiger charge is 2.34. The van der Waals surface area contributed by atoms with Crippen molar-refractivity contribution in [2.24, 2.45) is 5.73 Å². The Morgan fingerprint density at radius 2 is 1.95 bits per heavy atom. The number of alkyl halides is 3. The van der Waals surface area contributed by atoms with Gasteiger partial charge in [0.05, 0.1) is 18.6 Å². The first kappa shape index (κ1) is 17.7. The van der Waals surface area contributed by atoms with E-state index in [0.717, 1.165) is 6.07 Å². The highest BCUT2D eigenvalue weighted by molar-refractivity contribution is 5.85. The van der Waals surface area contributed by atoms with Crippen molar-refractivity contribution >= 4 is 18.4 Å². The summed E-state index contributed by atoms with van der Waals surface area (Å²) in [6.45, 7) is 1.79. The Morgan fingerprint density at radius 3 is 2.47 bits per heavy atom. The van der Waals surface area contributed by atoms with E-state index in [9.17, 15) is 18.0 Å². The van der Waals surface area contributed by atoms with Crippen LogP contribution in [0.15, 0.2) is 24.3 Å². The van der Waals surface area contributed by atoms with E-state index in [-0.39, 0.29) is 31.0 Å². The SMILES string of the molecule is CCOC(=O)C[C@@H](N)c1ccccc1C(F)(F)F.Cl. The second-order valence-corrected chi connectivity index (χ2v) is 3.70. The topological polar surface area (TPSA) is 52.3 Å². The summed E-state index contributed by atoms with van der Waals surface area (Å²) >= 11 is 0. The average Bonchev–Trinajstić information content (AvgIpc) is 2.28. The standard InChI is InChI=1S/C12H14F3NO2.ClH/c1-2-18-11(17)7-10(16)8-5-3-4-6-9(8)12(13,14)15;/h3-6,10H,2,7,16H2,1H3;1H/t10-;/m1./s1. The lowest BCUT2D eigenvalue weighted by atomic mass is 9.98. The number of nitrogens with two attached hydrogens (primary N) is 1. The second-order valence-electron chi connectivity index (χ2n) is 3.70. The Balaban J connectivity index is 0.00000324. The smallest absolute Gasteiger partial charge is 0.416 e. The molecule has 1 aromatic rings. The monoisotopic (exact) mass is 297 g/mol. The van der Waals surface area contributed by atoms with Gasteiger partial charge in [0.15, 0.2) is 0 Å². The fourth-order valence-corrected chi connectivity index (χ4v) is 1.59. The number of ether oxygens (including phenoxy) is 1. The molecule has 19 heavy (non-hydrogen) atoms. The molecule has 0 aliphatic carbocycles. The predicted molar refractivity (Wildman–Crippen MR) is 66.9 cm³/mol. The maximum absolute atomic E-state index is 12.7. The zero-order valence-corrected chi connectivity index (χ0v) is 11.1. The summed E-state index contributed by atoms with van der Waals surface area (Å²) in [5, 5.41) is 0. The maximum Gasteiger partial charge on any atom is 0.416 e. The zero-order chi connectivity index (χ0) is 13.8. The Labute approximate surface area is 115 Å². The van der Waals surface area contributed by atoms with Crippen LogP contribution in [-0.2, 0) is 15.7 Å². The summed E-state index contributed by atoms with van der Waals surface area (Å²) in [5.41, 5.74) is 4.71. The molecule has 0 spiro atoms. The van der Waals surface area contributed by atoms with Crippen molar-refractivity contribution in [3.05, 3.63) is 35.4 Å². The third-order valence-electron chi connectivity index (χ3n) is 2.36. The molecule has 0 aliphatic rings. The van der Waals surface area contributed by atoms with E-state index in [1.807, 2.05) is 0 Å². The van der Waals surface area contributed by atoms with Gasteiger partial charge < -0.3 is 10.5 Å². The molecule has 0 fully saturated rings. The van der Waals surface area contributed by atoms with Gasteiger partial charge in [-0.15, -0.1) is 12.4 Å². The molecule has 0 unspecified atom stereocenters. The number of hydrogen-bond donors (Lipinski definition) is 1. The van der Waals surface area contributed by atoms with Crippen molar-refractivity contribution in [3.63, 3.8) is 0 Å². The molecule has 7 heteroatoms. The fraction of sp³-hybridized carbons (Fsp3) is 0.417. The second kappa shape index (κ2) is 7.35. The lowest BCUT2D eigenvalue weighted by Crippen LogP contribution is -2.21. The summed E-state index contributed by atoms with van der Waals surface area (Å²) in [7, 11) is 0. The van der Waals surface area contributed by atoms with Crippen molar-refractivity contribution in [1.29, 1.82) is 0 Å². The minimum absolute atomic E-state index is 0. The van der Waals surface area contributed by atoms with E-state index in [2.05, 4.69) is 4.74 Å². The largest absolute Gasteiger partial charge is 0.466 e. The summed E-state index contributed by atoms with van der Waals surface area (Å²) in [6.07, 6.45) is -4.76. The van der Waals surface area contributed by atoms with Crippen LogP contribution in [-0.4, -0.2) is 12.6 Å². The summed E-state index contributed by atoms with van der Waals surface area (Å²) in [4.78, 5) is 11.2. The number of rotatable bonds is 4. The highest BCUT2D eigenvalue weighted by atomic mass is 35.5. The lowest BCUT2D eigenvalue weighted by Gasteiger charge is -2.17. The fourth-order valence-electron chi connectivity index (χ4n) is 1.59. The van der Waals surface area contributed by atoms with Crippen LogP contribution in [0, 0.1) is 0 Å². The van der Waals surface area contributed by atoms with E-state index in [0.29, 0.717) is 0 Å². The molecule has 1 rings (SSSR count). The minimum atomic E-state index is -4.48. The van der Waals surface area contributed by atoms with Crippen LogP contribution in [0.3, 0.4) is 0 Å². The molecule has 0 aromatic heterocycles. The van der Waals surface area contributed by atoms with Gasteiger partial charge in [-0.3, -0.25) is 4.79 Å². The molecule has 0 amide bonds. The normalized spacial score (nSPS) is 12.5. The summed E-state index contributed by atoms with van der Waals surface area (Å²) in [6, 6.07) is 3.92. The molecule has 1 aromatic carbocycles. The number of carbonyl (C=O) groups excluding carboxylic acids is 1. The van der Waals surface area contributed by atoms with E-state index >= 15 is 0 Å². The molecule has 108 valence electrons. The van der Waals surface area contributed by atoms with Gasteiger partial charge in [-0.1, -0.05) is 18.2 Å². The number of esters is 1. The first-order chi connectivity index (χ1) is 8.36. The van der Waals surface area contributed by atoms with Crippen molar-refractivity contribution in [2.75, 3.05) is 6.61 Å². The zero-order valence-electron chi connectivity index (χ0n) is 10.2. The summed E-state index contributed by atoms with van der Waals surface area (Å²) in [5.74, 6) is -0.609. The van der Waals surface area contributed by atoms with Crippen molar-refractivity contribution in [3.8, 4) is 0 Å².